The molecule has 0 bridgehead atoms. The van der Waals surface area contributed by atoms with Gasteiger partial charge in [-0.2, -0.15) is 0 Å². The van der Waals surface area contributed by atoms with E-state index in [2.05, 4.69) is 35.3 Å². The van der Waals surface area contributed by atoms with E-state index in [1.165, 1.54) is 5.56 Å². The Labute approximate surface area is 126 Å². The van der Waals surface area contributed by atoms with Crippen molar-refractivity contribution in [2.24, 2.45) is 10.7 Å². The minimum atomic E-state index is -0.155. The van der Waals surface area contributed by atoms with E-state index < -0.39 is 0 Å². The molecule has 0 heterocycles. The van der Waals surface area contributed by atoms with E-state index in [0.717, 1.165) is 18.5 Å². The zero-order chi connectivity index (χ0) is 12.7. The molecule has 18 heavy (non-hydrogen) atoms. The van der Waals surface area contributed by atoms with Crippen molar-refractivity contribution < 1.29 is 0 Å². The zero-order valence-corrected chi connectivity index (χ0v) is 13.1. The molecule has 0 saturated carbocycles. The van der Waals surface area contributed by atoms with Gasteiger partial charge in [-0.25, -0.2) is 4.99 Å². The van der Waals surface area contributed by atoms with Crippen LogP contribution in [0.5, 0.6) is 0 Å². The van der Waals surface area contributed by atoms with Gasteiger partial charge in [-0.05, 0) is 30.5 Å². The van der Waals surface area contributed by atoms with Crippen LogP contribution in [0.2, 0.25) is 0 Å². The van der Waals surface area contributed by atoms with Gasteiger partial charge in [-0.15, -0.1) is 30.4 Å². The van der Waals surface area contributed by atoms with Gasteiger partial charge in [-0.3, -0.25) is 0 Å². The maximum absolute atomic E-state index is 5.77. The van der Waals surface area contributed by atoms with Gasteiger partial charge in [0.1, 0.15) is 6.04 Å². The fourth-order valence-electron chi connectivity index (χ4n) is 1.42. The third kappa shape index (κ3) is 5.41. The summed E-state index contributed by atoms with van der Waals surface area (Å²) >= 11 is 0. The molecule has 0 aliphatic rings. The van der Waals surface area contributed by atoms with Crippen molar-refractivity contribution in [3.8, 4) is 12.3 Å². The summed E-state index contributed by atoms with van der Waals surface area (Å²) < 4.78 is 0. The lowest BCUT2D eigenvalue weighted by molar-refractivity contribution is 0.806. The maximum atomic E-state index is 5.77. The lowest BCUT2D eigenvalue weighted by Crippen LogP contribution is -2.24. The fraction of sp³-hybridized carbons (Fsp3) is 0.357. The molecule has 0 aliphatic carbocycles. The molecule has 0 saturated heterocycles. The highest BCUT2D eigenvalue weighted by atomic mass is 127. The van der Waals surface area contributed by atoms with E-state index >= 15 is 0 Å². The highest BCUT2D eigenvalue weighted by Gasteiger charge is 2.00. The smallest absolute Gasteiger partial charge is 0.194 e. The van der Waals surface area contributed by atoms with Crippen LogP contribution in [0.3, 0.4) is 0 Å². The van der Waals surface area contributed by atoms with Gasteiger partial charge < -0.3 is 11.1 Å². The Balaban J connectivity index is 0.00000289. The second-order valence-corrected chi connectivity index (χ2v) is 3.78. The van der Waals surface area contributed by atoms with Crippen molar-refractivity contribution in [1.29, 1.82) is 0 Å². The first-order valence-electron chi connectivity index (χ1n) is 5.85. The van der Waals surface area contributed by atoms with Crippen LogP contribution in [0.1, 0.15) is 25.8 Å². The third-order valence-corrected chi connectivity index (χ3v) is 2.51. The molecule has 1 unspecified atom stereocenters. The van der Waals surface area contributed by atoms with Crippen LogP contribution in [0.15, 0.2) is 29.3 Å². The molecule has 0 radical (unpaired) electrons. The number of nitrogens with one attached hydrogen (secondary N) is 1. The van der Waals surface area contributed by atoms with Gasteiger partial charge in [0.25, 0.3) is 0 Å². The summed E-state index contributed by atoms with van der Waals surface area (Å²) in [5, 5.41) is 3.02. The Kier molecular flexibility index (Phi) is 8.21. The average molecular weight is 357 g/mol. The van der Waals surface area contributed by atoms with E-state index in [1.54, 1.807) is 0 Å². The number of aryl methyl sites for hydroxylation is 1. The van der Waals surface area contributed by atoms with Gasteiger partial charge in [0.15, 0.2) is 5.96 Å². The standard InChI is InChI=1S/C14H19N3.HI/c1-4-11-7-9-13(10-8-11)17-14(15)16-12(5-2)6-3;/h2,7-10,12H,4,6H2,1,3H3,(H3,15,16,17);1H. The number of terminal acetylenes is 1. The second kappa shape index (κ2) is 8.81. The van der Waals surface area contributed by atoms with E-state index in [-0.39, 0.29) is 30.0 Å². The molecule has 0 amide bonds. The molecule has 3 nitrogen and oxygen atoms in total. The topological polar surface area (TPSA) is 50.4 Å². The number of halogens is 1. The Morgan fingerprint density at radius 1 is 1.39 bits per heavy atom. The number of rotatable bonds is 4. The molecule has 0 spiro atoms. The molecule has 1 atom stereocenters. The molecule has 0 fully saturated rings. The highest BCUT2D eigenvalue weighted by Crippen LogP contribution is 2.09. The van der Waals surface area contributed by atoms with Crippen molar-refractivity contribution in [1.82, 2.24) is 0 Å². The molecule has 98 valence electrons. The van der Waals surface area contributed by atoms with Gasteiger partial charge >= 0.3 is 0 Å². The minimum Gasteiger partial charge on any atom is -0.370 e. The summed E-state index contributed by atoms with van der Waals surface area (Å²) in [7, 11) is 0. The Bertz CT molecular complexity index is 418. The molecule has 1 aromatic carbocycles. The number of guanidine groups is 1. The third-order valence-electron chi connectivity index (χ3n) is 2.51. The largest absolute Gasteiger partial charge is 0.370 e. The summed E-state index contributed by atoms with van der Waals surface area (Å²) in [4.78, 5) is 4.20. The average Bonchev–Trinajstić information content (AvgIpc) is 2.37. The van der Waals surface area contributed by atoms with Crippen LogP contribution < -0.4 is 11.1 Å². The lowest BCUT2D eigenvalue weighted by atomic mass is 10.1. The maximum Gasteiger partial charge on any atom is 0.194 e. The number of hydrogen-bond acceptors (Lipinski definition) is 1. The Hall–Kier alpha value is -1.22. The van der Waals surface area contributed by atoms with Gasteiger partial charge in [0, 0.05) is 5.69 Å². The van der Waals surface area contributed by atoms with Crippen molar-refractivity contribution in [2.45, 2.75) is 32.7 Å². The van der Waals surface area contributed by atoms with E-state index in [4.69, 9.17) is 12.2 Å². The number of nitrogens with two attached hydrogens (primary N) is 1. The van der Waals surface area contributed by atoms with Crippen molar-refractivity contribution in [3.05, 3.63) is 29.8 Å². The molecule has 3 N–H and O–H groups in total. The number of benzene rings is 1. The van der Waals surface area contributed by atoms with Crippen LogP contribution in [0.25, 0.3) is 0 Å². The first kappa shape index (κ1) is 16.8. The molecule has 1 rings (SSSR count). The summed E-state index contributed by atoms with van der Waals surface area (Å²) in [6, 6.07) is 7.94. The van der Waals surface area contributed by atoms with Crippen molar-refractivity contribution in [2.75, 3.05) is 5.32 Å². The predicted molar refractivity (Wildman–Crippen MR) is 89.4 cm³/mol. The fourth-order valence-corrected chi connectivity index (χ4v) is 1.42. The van der Waals surface area contributed by atoms with E-state index in [9.17, 15) is 0 Å². The number of hydrogen-bond donors (Lipinski definition) is 2. The first-order valence-corrected chi connectivity index (χ1v) is 5.85. The van der Waals surface area contributed by atoms with Gasteiger partial charge in [0.2, 0.25) is 0 Å². The van der Waals surface area contributed by atoms with Gasteiger partial charge in [-0.1, -0.05) is 31.9 Å². The summed E-state index contributed by atoms with van der Waals surface area (Å²) in [5.74, 6) is 2.94. The lowest BCUT2D eigenvalue weighted by Gasteiger charge is -2.08. The second-order valence-electron chi connectivity index (χ2n) is 3.78. The molecule has 0 aromatic heterocycles. The highest BCUT2D eigenvalue weighted by molar-refractivity contribution is 14.0. The predicted octanol–water partition coefficient (Wildman–Crippen LogP) is 3.01. The number of anilines is 1. The SMILES string of the molecule is C#CC(CC)N=C(N)Nc1ccc(CC)cc1.I. The molecular formula is C14H20IN3. The van der Waals surface area contributed by atoms with Crippen LogP contribution in [-0.4, -0.2) is 12.0 Å². The quantitative estimate of drug-likeness (QED) is 0.377. The molecular weight excluding hydrogens is 337 g/mol. The van der Waals surface area contributed by atoms with Crippen molar-refractivity contribution >= 4 is 35.6 Å². The molecule has 4 heteroatoms. The summed E-state index contributed by atoms with van der Waals surface area (Å²) in [5.41, 5.74) is 7.99. The Morgan fingerprint density at radius 3 is 2.44 bits per heavy atom. The monoisotopic (exact) mass is 357 g/mol. The van der Waals surface area contributed by atoms with Crippen LogP contribution in [-0.2, 0) is 6.42 Å². The first-order chi connectivity index (χ1) is 8.19. The minimum absolute atomic E-state index is 0. The Morgan fingerprint density at radius 2 is 2.00 bits per heavy atom. The van der Waals surface area contributed by atoms with E-state index in [0.29, 0.717) is 5.96 Å². The van der Waals surface area contributed by atoms with Crippen molar-refractivity contribution in [3.63, 3.8) is 0 Å². The molecule has 1 aromatic rings. The molecule has 0 aliphatic heterocycles. The van der Waals surface area contributed by atoms with Crippen LogP contribution in [0, 0.1) is 12.3 Å². The van der Waals surface area contributed by atoms with Crippen LogP contribution in [0.4, 0.5) is 5.69 Å². The normalized spacial score (nSPS) is 12.2. The van der Waals surface area contributed by atoms with Gasteiger partial charge in [0.05, 0.1) is 0 Å². The van der Waals surface area contributed by atoms with Crippen LogP contribution >= 0.6 is 24.0 Å². The summed E-state index contributed by atoms with van der Waals surface area (Å²) in [6.07, 6.45) is 7.13. The van der Waals surface area contributed by atoms with E-state index in [1.807, 2.05) is 19.1 Å². The number of aliphatic imine (C=N–C) groups is 1. The number of nitrogens with zero attached hydrogens (tertiary/aromatic N) is 1. The summed E-state index contributed by atoms with van der Waals surface area (Å²) in [6.45, 7) is 4.11. The zero-order valence-electron chi connectivity index (χ0n) is 10.8.